The zero-order valence-corrected chi connectivity index (χ0v) is 13.0. The number of ether oxygens (including phenoxy) is 1. The van der Waals surface area contributed by atoms with Gasteiger partial charge in [0.1, 0.15) is 6.10 Å². The first-order valence-corrected chi connectivity index (χ1v) is 6.98. The van der Waals surface area contributed by atoms with E-state index in [4.69, 9.17) is 27.9 Å². The Hall–Kier alpha value is -0.930. The van der Waals surface area contributed by atoms with E-state index in [1.807, 2.05) is 6.92 Å². The lowest BCUT2D eigenvalue weighted by molar-refractivity contribution is 0.134. The fourth-order valence-corrected chi connectivity index (χ4v) is 2.15. The van der Waals surface area contributed by atoms with Gasteiger partial charge < -0.3 is 10.1 Å². The summed E-state index contributed by atoms with van der Waals surface area (Å²) >= 11 is 11.7. The third-order valence-corrected chi connectivity index (χ3v) is 2.68. The molecule has 19 heavy (non-hydrogen) atoms. The fourth-order valence-electron chi connectivity index (χ4n) is 1.61. The van der Waals surface area contributed by atoms with Gasteiger partial charge in [0.15, 0.2) is 0 Å². The average Bonchev–Trinajstić information content (AvgIpc) is 2.55. The number of halogens is 2. The maximum absolute atomic E-state index is 11.0. The minimum atomic E-state index is -0.413. The number of carbonyl (C=O) groups is 1. The lowest BCUT2D eigenvalue weighted by Gasteiger charge is -2.13. The standard InChI is InChI=1S/C10H9Cl2NO2.C4H10/c1-5-9(15-10(14)13-5)6-2-7(11)4-8(12)3-6;1-4(2)3/h2-5,9H,1H3,(H,13,14);4H,1-3H3/t5-,9?;/m1./s1. The van der Waals surface area contributed by atoms with Crippen LogP contribution in [0.1, 0.15) is 39.4 Å². The number of alkyl carbamates (subject to hydrolysis) is 1. The Morgan fingerprint density at radius 1 is 1.16 bits per heavy atom. The van der Waals surface area contributed by atoms with Crippen LogP contribution >= 0.6 is 23.2 Å². The first-order valence-electron chi connectivity index (χ1n) is 6.22. The molecular formula is C14H19Cl2NO2. The maximum Gasteiger partial charge on any atom is 0.408 e. The van der Waals surface area contributed by atoms with Crippen molar-refractivity contribution in [3.05, 3.63) is 33.8 Å². The molecule has 0 aromatic heterocycles. The average molecular weight is 304 g/mol. The van der Waals surface area contributed by atoms with Gasteiger partial charge in [0, 0.05) is 10.0 Å². The number of benzene rings is 1. The van der Waals surface area contributed by atoms with Crippen molar-refractivity contribution in [1.29, 1.82) is 0 Å². The number of carbonyl (C=O) groups excluding carboxylic acids is 1. The zero-order valence-electron chi connectivity index (χ0n) is 11.5. The predicted molar refractivity (Wildman–Crippen MR) is 78.8 cm³/mol. The van der Waals surface area contributed by atoms with Crippen molar-refractivity contribution in [2.45, 2.75) is 39.8 Å². The third kappa shape index (κ3) is 5.29. The minimum absolute atomic E-state index is 0.0768. The van der Waals surface area contributed by atoms with Gasteiger partial charge in [0.05, 0.1) is 6.04 Å². The van der Waals surface area contributed by atoms with Gasteiger partial charge in [0.2, 0.25) is 0 Å². The Kier molecular flexibility index (Phi) is 5.95. The van der Waals surface area contributed by atoms with Crippen LogP contribution in [0.4, 0.5) is 4.79 Å². The molecule has 0 bridgehead atoms. The molecule has 1 heterocycles. The Labute approximate surface area is 124 Å². The number of amides is 1. The monoisotopic (exact) mass is 303 g/mol. The summed E-state index contributed by atoms with van der Waals surface area (Å²) in [6.45, 7) is 8.37. The van der Waals surface area contributed by atoms with E-state index in [-0.39, 0.29) is 12.1 Å². The van der Waals surface area contributed by atoms with Crippen LogP contribution in [0.5, 0.6) is 0 Å². The summed E-state index contributed by atoms with van der Waals surface area (Å²) in [5, 5.41) is 3.73. The van der Waals surface area contributed by atoms with E-state index in [0.29, 0.717) is 10.0 Å². The molecule has 1 fully saturated rings. The molecule has 1 aliphatic rings. The van der Waals surface area contributed by atoms with E-state index in [1.165, 1.54) is 0 Å². The Morgan fingerprint density at radius 3 is 2.00 bits per heavy atom. The van der Waals surface area contributed by atoms with E-state index < -0.39 is 6.09 Å². The molecule has 1 unspecified atom stereocenters. The first-order chi connectivity index (χ1) is 8.79. The highest BCUT2D eigenvalue weighted by molar-refractivity contribution is 6.34. The lowest BCUT2D eigenvalue weighted by Crippen LogP contribution is -2.23. The molecular weight excluding hydrogens is 285 g/mol. The first kappa shape index (κ1) is 16.1. The summed E-state index contributed by atoms with van der Waals surface area (Å²) in [6.07, 6.45) is -0.739. The summed E-state index contributed by atoms with van der Waals surface area (Å²) in [7, 11) is 0. The van der Waals surface area contributed by atoms with Crippen molar-refractivity contribution in [2.24, 2.45) is 5.92 Å². The number of cyclic esters (lactones) is 1. The van der Waals surface area contributed by atoms with E-state index in [9.17, 15) is 4.79 Å². The molecule has 5 heteroatoms. The van der Waals surface area contributed by atoms with Crippen LogP contribution in [0, 0.1) is 5.92 Å². The van der Waals surface area contributed by atoms with Crippen molar-refractivity contribution in [2.75, 3.05) is 0 Å². The molecule has 0 spiro atoms. The molecule has 2 rings (SSSR count). The summed E-state index contributed by atoms with van der Waals surface area (Å²) in [5.41, 5.74) is 0.804. The van der Waals surface area contributed by atoms with Gasteiger partial charge in [-0.1, -0.05) is 44.0 Å². The van der Waals surface area contributed by atoms with Crippen molar-refractivity contribution < 1.29 is 9.53 Å². The van der Waals surface area contributed by atoms with Crippen LogP contribution < -0.4 is 5.32 Å². The third-order valence-electron chi connectivity index (χ3n) is 2.25. The molecule has 1 aromatic carbocycles. The quantitative estimate of drug-likeness (QED) is 0.807. The number of hydrogen-bond donors (Lipinski definition) is 1. The van der Waals surface area contributed by atoms with Gasteiger partial charge in [-0.15, -0.1) is 0 Å². The second-order valence-corrected chi connectivity index (χ2v) is 6.07. The molecule has 106 valence electrons. The van der Waals surface area contributed by atoms with Crippen LogP contribution in [0.3, 0.4) is 0 Å². The van der Waals surface area contributed by atoms with E-state index >= 15 is 0 Å². The van der Waals surface area contributed by atoms with Crippen LogP contribution in [0.25, 0.3) is 0 Å². The normalized spacial score (nSPS) is 21.5. The second-order valence-electron chi connectivity index (χ2n) is 5.19. The smallest absolute Gasteiger partial charge is 0.408 e. The molecule has 1 N–H and O–H groups in total. The van der Waals surface area contributed by atoms with Crippen LogP contribution in [0.15, 0.2) is 18.2 Å². The summed E-state index contributed by atoms with van der Waals surface area (Å²) in [6, 6.07) is 5.05. The number of hydrogen-bond acceptors (Lipinski definition) is 2. The number of nitrogens with one attached hydrogen (secondary N) is 1. The highest BCUT2D eigenvalue weighted by Crippen LogP contribution is 2.30. The van der Waals surface area contributed by atoms with Gasteiger partial charge >= 0.3 is 6.09 Å². The van der Waals surface area contributed by atoms with Gasteiger partial charge in [-0.3, -0.25) is 0 Å². The Morgan fingerprint density at radius 2 is 1.63 bits per heavy atom. The summed E-state index contributed by atoms with van der Waals surface area (Å²) in [4.78, 5) is 11.0. The SMILES string of the molecule is CC(C)C.C[C@H]1NC(=O)OC1c1cc(Cl)cc(Cl)c1. The molecule has 1 amide bonds. The van der Waals surface area contributed by atoms with E-state index in [0.717, 1.165) is 11.5 Å². The van der Waals surface area contributed by atoms with E-state index in [2.05, 4.69) is 26.1 Å². The van der Waals surface area contributed by atoms with Crippen LogP contribution in [-0.4, -0.2) is 12.1 Å². The van der Waals surface area contributed by atoms with Gasteiger partial charge in [-0.2, -0.15) is 0 Å². The fraction of sp³-hybridized carbons (Fsp3) is 0.500. The highest BCUT2D eigenvalue weighted by atomic mass is 35.5. The van der Waals surface area contributed by atoms with Crippen LogP contribution in [0.2, 0.25) is 10.0 Å². The predicted octanol–water partition coefficient (Wildman–Crippen LogP) is 4.83. The van der Waals surface area contributed by atoms with E-state index in [1.54, 1.807) is 18.2 Å². The zero-order chi connectivity index (χ0) is 14.6. The summed E-state index contributed by atoms with van der Waals surface area (Å²) in [5.74, 6) is 0.833. The maximum atomic E-state index is 11.0. The van der Waals surface area contributed by atoms with Crippen molar-refractivity contribution in [1.82, 2.24) is 5.32 Å². The number of rotatable bonds is 1. The van der Waals surface area contributed by atoms with Crippen molar-refractivity contribution in [3.63, 3.8) is 0 Å². The molecule has 0 saturated carbocycles. The Bertz CT molecular complexity index is 426. The highest BCUT2D eigenvalue weighted by Gasteiger charge is 2.32. The molecule has 2 atom stereocenters. The van der Waals surface area contributed by atoms with Crippen molar-refractivity contribution in [3.8, 4) is 0 Å². The molecule has 3 nitrogen and oxygen atoms in total. The molecule has 1 aromatic rings. The van der Waals surface area contributed by atoms with Crippen molar-refractivity contribution >= 4 is 29.3 Å². The largest absolute Gasteiger partial charge is 0.439 e. The van der Waals surface area contributed by atoms with Crippen LogP contribution in [-0.2, 0) is 4.74 Å². The molecule has 0 aliphatic carbocycles. The topological polar surface area (TPSA) is 38.3 Å². The molecule has 1 saturated heterocycles. The lowest BCUT2D eigenvalue weighted by atomic mass is 10.0. The Balaban J connectivity index is 0.000000399. The van der Waals surface area contributed by atoms with Gasteiger partial charge in [0.25, 0.3) is 0 Å². The molecule has 1 aliphatic heterocycles. The van der Waals surface area contributed by atoms with Gasteiger partial charge in [-0.05, 0) is 36.6 Å². The second kappa shape index (κ2) is 7.01. The van der Waals surface area contributed by atoms with Gasteiger partial charge in [-0.25, -0.2) is 4.79 Å². The summed E-state index contributed by atoms with van der Waals surface area (Å²) < 4.78 is 5.10. The molecule has 0 radical (unpaired) electrons. The minimum Gasteiger partial charge on any atom is -0.439 e.